The normalized spacial score (nSPS) is 12.7. The second-order valence-electron chi connectivity index (χ2n) is 4.67. The van der Waals surface area contributed by atoms with E-state index in [2.05, 4.69) is 66.3 Å². The van der Waals surface area contributed by atoms with Crippen molar-refractivity contribution in [2.24, 2.45) is 5.84 Å². The molecular formula is C16H16N2S. The number of fused-ring (bicyclic) bond motifs is 1. The molecule has 96 valence electrons. The van der Waals surface area contributed by atoms with Gasteiger partial charge in [0, 0.05) is 4.88 Å². The van der Waals surface area contributed by atoms with Gasteiger partial charge in [-0.1, -0.05) is 36.4 Å². The van der Waals surface area contributed by atoms with Gasteiger partial charge in [-0.2, -0.15) is 0 Å². The van der Waals surface area contributed by atoms with Crippen LogP contribution >= 0.6 is 11.3 Å². The van der Waals surface area contributed by atoms with Crippen LogP contribution in [-0.2, 0) is 0 Å². The van der Waals surface area contributed by atoms with Gasteiger partial charge in [0.05, 0.1) is 6.04 Å². The van der Waals surface area contributed by atoms with E-state index in [0.29, 0.717) is 0 Å². The van der Waals surface area contributed by atoms with Crippen molar-refractivity contribution in [2.45, 2.75) is 13.0 Å². The van der Waals surface area contributed by atoms with Crippen LogP contribution in [0.25, 0.3) is 10.8 Å². The first-order valence-electron chi connectivity index (χ1n) is 6.28. The molecule has 3 N–H and O–H groups in total. The van der Waals surface area contributed by atoms with E-state index in [-0.39, 0.29) is 6.04 Å². The lowest BCUT2D eigenvalue weighted by Crippen LogP contribution is -2.28. The summed E-state index contributed by atoms with van der Waals surface area (Å²) in [5.41, 5.74) is 5.42. The number of benzene rings is 2. The second kappa shape index (κ2) is 5.13. The van der Waals surface area contributed by atoms with E-state index in [0.717, 1.165) is 0 Å². The molecular weight excluding hydrogens is 252 g/mol. The maximum Gasteiger partial charge on any atom is 0.0805 e. The molecule has 1 unspecified atom stereocenters. The third-order valence-corrected chi connectivity index (χ3v) is 4.52. The van der Waals surface area contributed by atoms with Gasteiger partial charge in [0.2, 0.25) is 0 Å². The Kier molecular flexibility index (Phi) is 3.34. The molecule has 19 heavy (non-hydrogen) atoms. The van der Waals surface area contributed by atoms with E-state index in [9.17, 15) is 0 Å². The minimum Gasteiger partial charge on any atom is -0.271 e. The Labute approximate surface area is 116 Å². The molecule has 2 nitrogen and oxygen atoms in total. The highest BCUT2D eigenvalue weighted by Gasteiger charge is 2.16. The Balaban J connectivity index is 2.09. The molecule has 0 aliphatic heterocycles. The Bertz CT molecular complexity index is 703. The average molecular weight is 268 g/mol. The van der Waals surface area contributed by atoms with Crippen LogP contribution in [0.4, 0.5) is 0 Å². The van der Waals surface area contributed by atoms with Crippen molar-refractivity contribution in [3.63, 3.8) is 0 Å². The van der Waals surface area contributed by atoms with E-state index in [1.54, 1.807) is 11.3 Å². The fourth-order valence-corrected chi connectivity index (χ4v) is 3.40. The SMILES string of the molecule is Cc1ccsc1C(NN)c1ccc2ccccc2c1. The Hall–Kier alpha value is -1.68. The van der Waals surface area contributed by atoms with Gasteiger partial charge in [0.25, 0.3) is 0 Å². The lowest BCUT2D eigenvalue weighted by molar-refractivity contribution is 0.644. The number of nitrogens with two attached hydrogens (primary N) is 1. The number of hydrazine groups is 1. The topological polar surface area (TPSA) is 38.0 Å². The van der Waals surface area contributed by atoms with Crippen LogP contribution in [0.15, 0.2) is 53.9 Å². The molecule has 3 heteroatoms. The van der Waals surface area contributed by atoms with Crippen LogP contribution in [-0.4, -0.2) is 0 Å². The molecule has 0 amide bonds. The van der Waals surface area contributed by atoms with Crippen molar-refractivity contribution in [1.29, 1.82) is 0 Å². The number of aryl methyl sites for hydroxylation is 1. The largest absolute Gasteiger partial charge is 0.271 e. The Morgan fingerprint density at radius 3 is 2.53 bits per heavy atom. The van der Waals surface area contributed by atoms with E-state index < -0.39 is 0 Å². The van der Waals surface area contributed by atoms with E-state index in [1.165, 1.54) is 26.8 Å². The molecule has 0 aliphatic carbocycles. The first-order valence-corrected chi connectivity index (χ1v) is 7.16. The molecule has 0 bridgehead atoms. The van der Waals surface area contributed by atoms with E-state index in [1.807, 2.05) is 0 Å². The van der Waals surface area contributed by atoms with E-state index >= 15 is 0 Å². The standard InChI is InChI=1S/C16H16N2S/c1-11-8-9-19-16(11)15(18-17)14-7-6-12-4-2-3-5-13(12)10-14/h2-10,15,18H,17H2,1H3. The van der Waals surface area contributed by atoms with Gasteiger partial charge in [-0.15, -0.1) is 11.3 Å². The van der Waals surface area contributed by atoms with Gasteiger partial charge in [-0.3, -0.25) is 5.84 Å². The van der Waals surface area contributed by atoms with Gasteiger partial charge in [0.1, 0.15) is 0 Å². The maximum absolute atomic E-state index is 5.77. The molecule has 0 fully saturated rings. The van der Waals surface area contributed by atoms with Crippen LogP contribution in [0.1, 0.15) is 22.0 Å². The third kappa shape index (κ3) is 2.28. The zero-order valence-electron chi connectivity index (χ0n) is 10.8. The molecule has 0 radical (unpaired) electrons. The summed E-state index contributed by atoms with van der Waals surface area (Å²) in [6, 6.07) is 17.1. The minimum absolute atomic E-state index is 0.0598. The Morgan fingerprint density at radius 2 is 1.84 bits per heavy atom. The zero-order chi connectivity index (χ0) is 13.2. The van der Waals surface area contributed by atoms with Crippen LogP contribution in [0, 0.1) is 6.92 Å². The summed E-state index contributed by atoms with van der Waals surface area (Å²) in [6.45, 7) is 2.12. The monoisotopic (exact) mass is 268 g/mol. The average Bonchev–Trinajstić information content (AvgIpc) is 2.86. The number of rotatable bonds is 3. The molecule has 2 aromatic carbocycles. The molecule has 0 saturated heterocycles. The summed E-state index contributed by atoms with van der Waals surface area (Å²) in [4.78, 5) is 1.28. The van der Waals surface area contributed by atoms with Crippen molar-refractivity contribution in [1.82, 2.24) is 5.43 Å². The summed E-state index contributed by atoms with van der Waals surface area (Å²) < 4.78 is 0. The first-order chi connectivity index (χ1) is 9.29. The van der Waals surface area contributed by atoms with Gasteiger partial charge in [-0.25, -0.2) is 5.43 Å². The van der Waals surface area contributed by atoms with Crippen molar-refractivity contribution in [3.8, 4) is 0 Å². The quantitative estimate of drug-likeness (QED) is 0.560. The summed E-state index contributed by atoms with van der Waals surface area (Å²) in [6.07, 6.45) is 0. The molecule has 0 saturated carbocycles. The second-order valence-corrected chi connectivity index (χ2v) is 5.62. The minimum atomic E-state index is 0.0598. The van der Waals surface area contributed by atoms with Crippen molar-refractivity contribution >= 4 is 22.1 Å². The highest BCUT2D eigenvalue weighted by atomic mass is 32.1. The predicted octanol–water partition coefficient (Wildman–Crippen LogP) is 3.76. The Morgan fingerprint density at radius 1 is 1.05 bits per heavy atom. The lowest BCUT2D eigenvalue weighted by Gasteiger charge is -2.16. The molecule has 1 aromatic heterocycles. The number of nitrogens with one attached hydrogen (secondary N) is 1. The highest BCUT2D eigenvalue weighted by molar-refractivity contribution is 7.10. The van der Waals surface area contributed by atoms with Gasteiger partial charge in [-0.05, 0) is 46.3 Å². The maximum atomic E-state index is 5.77. The molecule has 0 spiro atoms. The lowest BCUT2D eigenvalue weighted by atomic mass is 10.00. The smallest absolute Gasteiger partial charge is 0.0805 e. The van der Waals surface area contributed by atoms with Crippen molar-refractivity contribution < 1.29 is 0 Å². The van der Waals surface area contributed by atoms with Crippen LogP contribution in [0.2, 0.25) is 0 Å². The summed E-state index contributed by atoms with van der Waals surface area (Å²) >= 11 is 1.74. The van der Waals surface area contributed by atoms with Crippen LogP contribution < -0.4 is 11.3 Å². The molecule has 3 rings (SSSR count). The predicted molar refractivity (Wildman–Crippen MR) is 82.2 cm³/mol. The first kappa shape index (κ1) is 12.4. The summed E-state index contributed by atoms with van der Waals surface area (Å²) in [5, 5.41) is 4.61. The molecule has 3 aromatic rings. The van der Waals surface area contributed by atoms with E-state index in [4.69, 9.17) is 5.84 Å². The zero-order valence-corrected chi connectivity index (χ0v) is 11.6. The number of thiophene rings is 1. The van der Waals surface area contributed by atoms with Gasteiger partial charge in [0.15, 0.2) is 0 Å². The number of hydrogen-bond acceptors (Lipinski definition) is 3. The molecule has 1 atom stereocenters. The summed E-state index contributed by atoms with van der Waals surface area (Å²) in [5.74, 6) is 5.77. The number of hydrogen-bond donors (Lipinski definition) is 2. The van der Waals surface area contributed by atoms with Crippen molar-refractivity contribution in [3.05, 3.63) is 69.9 Å². The van der Waals surface area contributed by atoms with Crippen molar-refractivity contribution in [2.75, 3.05) is 0 Å². The highest BCUT2D eigenvalue weighted by Crippen LogP contribution is 2.30. The molecule has 1 heterocycles. The van der Waals surface area contributed by atoms with Gasteiger partial charge < -0.3 is 0 Å². The summed E-state index contributed by atoms with van der Waals surface area (Å²) in [7, 11) is 0. The fraction of sp³-hybridized carbons (Fsp3) is 0.125. The fourth-order valence-electron chi connectivity index (χ4n) is 2.39. The van der Waals surface area contributed by atoms with Crippen LogP contribution in [0.3, 0.4) is 0 Å². The van der Waals surface area contributed by atoms with Gasteiger partial charge >= 0.3 is 0 Å². The third-order valence-electron chi connectivity index (χ3n) is 3.44. The van der Waals surface area contributed by atoms with Crippen LogP contribution in [0.5, 0.6) is 0 Å². The molecule has 0 aliphatic rings.